The van der Waals surface area contributed by atoms with Gasteiger partial charge < -0.3 is 25.0 Å². The van der Waals surface area contributed by atoms with E-state index in [4.69, 9.17) is 14.7 Å². The smallest absolute Gasteiger partial charge is 0.319 e. The highest BCUT2D eigenvalue weighted by Crippen LogP contribution is 2.46. The molecule has 8 rings (SSSR count). The van der Waals surface area contributed by atoms with Gasteiger partial charge in [0.15, 0.2) is 5.82 Å². The Balaban J connectivity index is 1.27. The van der Waals surface area contributed by atoms with Gasteiger partial charge >= 0.3 is 6.01 Å². The van der Waals surface area contributed by atoms with Gasteiger partial charge in [0.1, 0.15) is 22.8 Å². The number of halogens is 1. The first-order valence-electron chi connectivity index (χ1n) is 15.3. The van der Waals surface area contributed by atoms with Crippen molar-refractivity contribution >= 4 is 27.5 Å². The van der Waals surface area contributed by atoms with E-state index >= 15 is 4.39 Å². The van der Waals surface area contributed by atoms with Crippen molar-refractivity contribution in [2.75, 3.05) is 45.2 Å². The Morgan fingerprint density at radius 2 is 1.93 bits per heavy atom. The topological polar surface area (TPSA) is 86.6 Å². The molecule has 0 amide bonds. The van der Waals surface area contributed by atoms with E-state index in [9.17, 15) is 5.11 Å². The molecule has 2 atom stereocenters. The molecule has 0 radical (unpaired) electrons. The third-order valence-corrected chi connectivity index (χ3v) is 9.71. The minimum absolute atomic E-state index is 0.0936. The van der Waals surface area contributed by atoms with E-state index in [1.54, 1.807) is 18.3 Å². The van der Waals surface area contributed by atoms with Crippen LogP contribution >= 0.6 is 0 Å². The van der Waals surface area contributed by atoms with Gasteiger partial charge in [0.2, 0.25) is 0 Å². The molecular formula is C33H37FN6O2. The van der Waals surface area contributed by atoms with Crippen molar-refractivity contribution in [1.29, 1.82) is 0 Å². The van der Waals surface area contributed by atoms with Gasteiger partial charge in [0, 0.05) is 48.9 Å². The number of hydrogen-bond donors (Lipinski definition) is 2. The molecule has 0 spiro atoms. The van der Waals surface area contributed by atoms with Crippen LogP contribution in [0.2, 0.25) is 0 Å². The van der Waals surface area contributed by atoms with Crippen LogP contribution < -0.4 is 15.0 Å². The second-order valence-electron chi connectivity index (χ2n) is 13.2. The highest BCUT2D eigenvalue weighted by Gasteiger charge is 2.44. The van der Waals surface area contributed by atoms with Crippen molar-refractivity contribution in [1.82, 2.24) is 25.2 Å². The summed E-state index contributed by atoms with van der Waals surface area (Å²) in [5.41, 5.74) is 3.63. The zero-order chi connectivity index (χ0) is 28.6. The van der Waals surface area contributed by atoms with Gasteiger partial charge in [-0.25, -0.2) is 4.39 Å². The summed E-state index contributed by atoms with van der Waals surface area (Å²) in [5, 5.41) is 16.8. The van der Waals surface area contributed by atoms with Crippen molar-refractivity contribution < 1.29 is 14.2 Å². The Morgan fingerprint density at radius 1 is 1.12 bits per heavy atom. The number of ether oxygens (including phenoxy) is 1. The van der Waals surface area contributed by atoms with Crippen LogP contribution in [0.1, 0.15) is 43.2 Å². The van der Waals surface area contributed by atoms with Crippen LogP contribution in [0.3, 0.4) is 0 Å². The van der Waals surface area contributed by atoms with Crippen molar-refractivity contribution in [2.24, 2.45) is 5.41 Å². The molecule has 1 saturated carbocycles. The lowest BCUT2D eigenvalue weighted by atomic mass is 9.94. The zero-order valence-electron chi connectivity index (χ0n) is 24.3. The largest absolute Gasteiger partial charge is 0.508 e. The molecule has 8 nitrogen and oxygen atoms in total. The number of pyridine rings is 1. The molecule has 9 heteroatoms. The molecule has 2 aromatic carbocycles. The Kier molecular flexibility index (Phi) is 6.05. The average Bonchev–Trinajstić information content (AvgIpc) is 3.39. The molecule has 4 aliphatic rings. The van der Waals surface area contributed by atoms with E-state index < -0.39 is 5.82 Å². The van der Waals surface area contributed by atoms with Crippen LogP contribution in [-0.2, 0) is 12.8 Å². The Hall–Kier alpha value is -3.56. The fourth-order valence-corrected chi connectivity index (χ4v) is 7.63. The van der Waals surface area contributed by atoms with E-state index in [-0.39, 0.29) is 28.4 Å². The van der Waals surface area contributed by atoms with Gasteiger partial charge in [0.05, 0.1) is 12.0 Å². The highest BCUT2D eigenvalue weighted by molar-refractivity contribution is 6.02. The molecule has 4 heterocycles. The number of fused-ring (bicyclic) bond motifs is 6. The minimum Gasteiger partial charge on any atom is -0.508 e. The molecule has 42 heavy (non-hydrogen) atoms. The molecule has 2 saturated heterocycles. The first-order chi connectivity index (χ1) is 20.4. The molecule has 218 valence electrons. The lowest BCUT2D eigenvalue weighted by molar-refractivity contribution is 0.183. The Bertz CT molecular complexity index is 1710. The van der Waals surface area contributed by atoms with Crippen molar-refractivity contribution in [3.05, 3.63) is 47.4 Å². The van der Waals surface area contributed by atoms with E-state index in [1.165, 1.54) is 11.1 Å². The second-order valence-corrected chi connectivity index (χ2v) is 13.2. The lowest BCUT2D eigenvalue weighted by Crippen LogP contribution is -2.51. The van der Waals surface area contributed by atoms with Crippen LogP contribution in [-0.4, -0.2) is 77.4 Å². The number of hydrogen-bond acceptors (Lipinski definition) is 8. The Labute approximate surface area is 244 Å². The van der Waals surface area contributed by atoms with Crippen LogP contribution in [0.5, 0.6) is 11.8 Å². The fourth-order valence-electron chi connectivity index (χ4n) is 7.63. The van der Waals surface area contributed by atoms with Crippen molar-refractivity contribution in [3.8, 4) is 23.0 Å². The summed E-state index contributed by atoms with van der Waals surface area (Å²) in [4.78, 5) is 18.7. The average molecular weight is 569 g/mol. The third kappa shape index (κ3) is 4.45. The van der Waals surface area contributed by atoms with Crippen molar-refractivity contribution in [2.45, 2.75) is 57.0 Å². The fraction of sp³-hybridized carbons (Fsp3) is 0.485. The van der Waals surface area contributed by atoms with Gasteiger partial charge in [-0.3, -0.25) is 4.98 Å². The van der Waals surface area contributed by atoms with Crippen LogP contribution in [0.15, 0.2) is 30.5 Å². The SMILES string of the molecule is CN(C)CC1(COc2nc(N3C[C@H]4CC[C@@H](C3)N4)c3cnc(-c4cc(O)cc5ccc6c(c45)CCC6)c(F)c3n2)CC1. The second kappa shape index (κ2) is 9.74. The number of benzene rings is 2. The number of nitrogens with one attached hydrogen (secondary N) is 1. The first kappa shape index (κ1) is 26.1. The molecule has 3 fully saturated rings. The maximum Gasteiger partial charge on any atom is 0.319 e. The van der Waals surface area contributed by atoms with Crippen molar-refractivity contribution in [3.63, 3.8) is 0 Å². The third-order valence-electron chi connectivity index (χ3n) is 9.71. The van der Waals surface area contributed by atoms with Crippen LogP contribution in [0, 0.1) is 11.2 Å². The molecule has 2 bridgehead atoms. The molecule has 2 aliphatic carbocycles. The van der Waals surface area contributed by atoms with E-state index in [2.05, 4.69) is 40.3 Å². The number of phenols is 1. The number of anilines is 1. The summed E-state index contributed by atoms with van der Waals surface area (Å²) in [6.07, 6.45) is 9.20. The number of aryl methyl sites for hydroxylation is 2. The normalized spacial score (nSPS) is 22.3. The van der Waals surface area contributed by atoms with Gasteiger partial charge in [-0.15, -0.1) is 0 Å². The summed E-state index contributed by atoms with van der Waals surface area (Å²) in [5.74, 6) is 0.276. The minimum atomic E-state index is -0.504. The standard InChI is InChI=1S/C33H37FN6O2/c1-39(2)17-33(10-11-33)18-42-32-37-30-26(31(38-32)40-15-21-8-9-22(16-40)36-21)14-35-29(28(30)34)25-13-23(41)12-20-7-6-19-4-3-5-24(19)27(20)25/h6-7,12-14,21-22,36,41H,3-5,8-11,15-18H2,1-2H3/t21-,22+. The molecule has 2 N–H and O–H groups in total. The molecule has 2 aromatic heterocycles. The molecule has 0 unspecified atom stereocenters. The quantitative estimate of drug-likeness (QED) is 0.328. The lowest BCUT2D eigenvalue weighted by Gasteiger charge is -2.34. The van der Waals surface area contributed by atoms with Gasteiger partial charge in [0.25, 0.3) is 0 Å². The summed E-state index contributed by atoms with van der Waals surface area (Å²) in [6.45, 7) is 3.05. The maximum atomic E-state index is 16.8. The van der Waals surface area contributed by atoms with Gasteiger partial charge in [-0.05, 0) is 93.1 Å². The first-order valence-corrected chi connectivity index (χ1v) is 15.3. The zero-order valence-corrected chi connectivity index (χ0v) is 24.3. The number of aromatic hydroxyl groups is 1. The van der Waals surface area contributed by atoms with Crippen LogP contribution in [0.25, 0.3) is 32.9 Å². The predicted molar refractivity (Wildman–Crippen MR) is 162 cm³/mol. The monoisotopic (exact) mass is 568 g/mol. The number of nitrogens with zero attached hydrogens (tertiary/aromatic N) is 5. The summed E-state index contributed by atoms with van der Waals surface area (Å²) in [6, 6.07) is 8.55. The summed E-state index contributed by atoms with van der Waals surface area (Å²) < 4.78 is 23.1. The van der Waals surface area contributed by atoms with E-state index in [0.29, 0.717) is 35.5 Å². The van der Waals surface area contributed by atoms with E-state index in [1.807, 2.05) is 6.07 Å². The van der Waals surface area contributed by atoms with Gasteiger partial charge in [-0.2, -0.15) is 9.97 Å². The number of rotatable bonds is 7. The molecular weight excluding hydrogens is 531 g/mol. The number of aromatic nitrogens is 3. The number of phenolic OH excluding ortho intramolecular Hbond substituents is 1. The van der Waals surface area contributed by atoms with Crippen LogP contribution in [0.4, 0.5) is 10.2 Å². The molecule has 2 aliphatic heterocycles. The highest BCUT2D eigenvalue weighted by atomic mass is 19.1. The summed E-state index contributed by atoms with van der Waals surface area (Å²) in [7, 11) is 4.15. The Morgan fingerprint density at radius 3 is 2.69 bits per heavy atom. The predicted octanol–water partition coefficient (Wildman–Crippen LogP) is 4.84. The molecule has 4 aromatic rings. The summed E-state index contributed by atoms with van der Waals surface area (Å²) >= 11 is 0. The van der Waals surface area contributed by atoms with E-state index in [0.717, 1.165) is 75.4 Å². The van der Waals surface area contributed by atoms with Gasteiger partial charge in [-0.1, -0.05) is 12.1 Å². The maximum absolute atomic E-state index is 16.8. The number of piperazine rings is 1.